The number of para-hydroxylation sites is 1. The van der Waals surface area contributed by atoms with Gasteiger partial charge < -0.3 is 10.1 Å². The molecule has 0 aliphatic heterocycles. The molecule has 0 aliphatic carbocycles. The van der Waals surface area contributed by atoms with Crippen LogP contribution in [0.4, 0.5) is 5.69 Å². The molecule has 2 rings (SSSR count). The number of anilines is 1. The number of nitrogens with zero attached hydrogens (tertiary/aromatic N) is 1. The van der Waals surface area contributed by atoms with Crippen molar-refractivity contribution in [1.82, 2.24) is 5.32 Å². The summed E-state index contributed by atoms with van der Waals surface area (Å²) in [6.45, 7) is 3.59. The molecule has 8 heteroatoms. The lowest BCUT2D eigenvalue weighted by Gasteiger charge is -2.31. The summed E-state index contributed by atoms with van der Waals surface area (Å²) in [5.41, 5.74) is 1.16. The summed E-state index contributed by atoms with van der Waals surface area (Å²) in [5, 5.41) is 3.29. The fourth-order valence-electron chi connectivity index (χ4n) is 3.08. The van der Waals surface area contributed by atoms with Crippen molar-refractivity contribution < 1.29 is 17.9 Å². The van der Waals surface area contributed by atoms with Crippen LogP contribution in [0.2, 0.25) is 5.02 Å². The number of sulfonamides is 1. The molecule has 0 heterocycles. The van der Waals surface area contributed by atoms with Crippen molar-refractivity contribution in [2.75, 3.05) is 17.7 Å². The summed E-state index contributed by atoms with van der Waals surface area (Å²) in [6, 6.07) is 12.5. The molecule has 0 saturated carbocycles. The Morgan fingerprint density at radius 3 is 2.46 bits per heavy atom. The minimum atomic E-state index is -3.72. The predicted molar refractivity (Wildman–Crippen MR) is 112 cm³/mol. The van der Waals surface area contributed by atoms with Gasteiger partial charge in [0.25, 0.3) is 0 Å². The van der Waals surface area contributed by atoms with Crippen LogP contribution >= 0.6 is 11.6 Å². The van der Waals surface area contributed by atoms with Gasteiger partial charge in [0.1, 0.15) is 11.8 Å². The molecule has 6 nitrogen and oxygen atoms in total. The first-order valence-corrected chi connectivity index (χ1v) is 11.1. The maximum absolute atomic E-state index is 13.0. The molecule has 2 aromatic carbocycles. The second-order valence-electron chi connectivity index (χ2n) is 6.43. The molecule has 0 saturated heterocycles. The highest BCUT2D eigenvalue weighted by molar-refractivity contribution is 7.92. The Balaban J connectivity index is 2.34. The van der Waals surface area contributed by atoms with Crippen molar-refractivity contribution in [2.24, 2.45) is 0 Å². The van der Waals surface area contributed by atoms with Crippen LogP contribution in [0.1, 0.15) is 31.9 Å². The van der Waals surface area contributed by atoms with Crippen LogP contribution in [0.15, 0.2) is 48.5 Å². The van der Waals surface area contributed by atoms with Crippen LogP contribution in [0.3, 0.4) is 0 Å². The number of hydrogen-bond donors (Lipinski definition) is 1. The van der Waals surface area contributed by atoms with Crippen LogP contribution in [0, 0.1) is 0 Å². The molecule has 0 aromatic heterocycles. The molecule has 1 N–H and O–H groups in total. The van der Waals surface area contributed by atoms with E-state index in [9.17, 15) is 13.2 Å². The average molecular weight is 425 g/mol. The molecule has 0 spiro atoms. The largest absolute Gasteiger partial charge is 0.496 e. The van der Waals surface area contributed by atoms with E-state index in [1.54, 1.807) is 32.2 Å². The third-order valence-electron chi connectivity index (χ3n) is 4.36. The number of nitrogens with one attached hydrogen (secondary N) is 1. The summed E-state index contributed by atoms with van der Waals surface area (Å²) < 4.78 is 31.4. The van der Waals surface area contributed by atoms with E-state index < -0.39 is 22.0 Å². The number of carbonyl (C=O) groups is 1. The van der Waals surface area contributed by atoms with E-state index in [4.69, 9.17) is 16.3 Å². The van der Waals surface area contributed by atoms with Crippen LogP contribution in [-0.4, -0.2) is 33.7 Å². The third-order valence-corrected chi connectivity index (χ3v) is 5.77. The molecule has 0 bridgehead atoms. The first kappa shape index (κ1) is 22.0. The summed E-state index contributed by atoms with van der Waals surface area (Å²) in [5.74, 6) is 0.254. The Morgan fingerprint density at radius 2 is 1.89 bits per heavy atom. The van der Waals surface area contributed by atoms with E-state index in [0.717, 1.165) is 16.1 Å². The number of hydrogen-bond acceptors (Lipinski definition) is 4. The van der Waals surface area contributed by atoms with Gasteiger partial charge in [-0.3, -0.25) is 9.10 Å². The van der Waals surface area contributed by atoms with Gasteiger partial charge in [-0.05, 0) is 37.6 Å². The van der Waals surface area contributed by atoms with Gasteiger partial charge in [-0.15, -0.1) is 0 Å². The van der Waals surface area contributed by atoms with Gasteiger partial charge in [0.05, 0.1) is 25.1 Å². The molecule has 1 amide bonds. The number of benzene rings is 2. The summed E-state index contributed by atoms with van der Waals surface area (Å²) >= 11 is 6.03. The van der Waals surface area contributed by atoms with Crippen molar-refractivity contribution >= 4 is 33.2 Å². The second-order valence-corrected chi connectivity index (χ2v) is 8.73. The predicted octanol–water partition coefficient (Wildman–Crippen LogP) is 3.77. The molecular formula is C20H25ClN2O4S. The molecule has 2 aromatic rings. The quantitative estimate of drug-likeness (QED) is 0.699. The van der Waals surface area contributed by atoms with Crippen molar-refractivity contribution in [2.45, 2.75) is 32.4 Å². The van der Waals surface area contributed by atoms with E-state index in [2.05, 4.69) is 5.32 Å². The number of amides is 1. The van der Waals surface area contributed by atoms with Gasteiger partial charge in [-0.2, -0.15) is 0 Å². The molecule has 2 atom stereocenters. The SMILES string of the molecule is CC[C@H](C(=O)N[C@@H](C)c1ccccc1OC)N(c1cccc(Cl)c1)S(C)(=O)=O. The summed E-state index contributed by atoms with van der Waals surface area (Å²) in [6.07, 6.45) is 1.37. The van der Waals surface area contributed by atoms with Crippen molar-refractivity contribution in [3.8, 4) is 5.75 Å². The maximum Gasteiger partial charge on any atom is 0.244 e. The van der Waals surface area contributed by atoms with Crippen LogP contribution in [0.25, 0.3) is 0 Å². The first-order chi connectivity index (χ1) is 13.2. The number of carbonyl (C=O) groups excluding carboxylic acids is 1. The number of methoxy groups -OCH3 is 1. The molecular weight excluding hydrogens is 400 g/mol. The van der Waals surface area contributed by atoms with E-state index in [1.807, 2.05) is 31.2 Å². The summed E-state index contributed by atoms with van der Waals surface area (Å²) in [4.78, 5) is 13.0. The molecule has 28 heavy (non-hydrogen) atoms. The van der Waals surface area contributed by atoms with E-state index in [-0.39, 0.29) is 6.04 Å². The van der Waals surface area contributed by atoms with E-state index in [0.29, 0.717) is 22.9 Å². The Morgan fingerprint density at radius 1 is 1.21 bits per heavy atom. The zero-order valence-corrected chi connectivity index (χ0v) is 17.9. The number of rotatable bonds is 8. The van der Waals surface area contributed by atoms with Gasteiger partial charge in [-0.1, -0.05) is 42.8 Å². The highest BCUT2D eigenvalue weighted by Crippen LogP contribution is 2.27. The first-order valence-electron chi connectivity index (χ1n) is 8.87. The Bertz CT molecular complexity index is 933. The highest BCUT2D eigenvalue weighted by Gasteiger charge is 2.32. The monoisotopic (exact) mass is 424 g/mol. The topological polar surface area (TPSA) is 75.7 Å². The van der Waals surface area contributed by atoms with E-state index >= 15 is 0 Å². The van der Waals surface area contributed by atoms with Crippen molar-refractivity contribution in [3.63, 3.8) is 0 Å². The number of ether oxygens (including phenoxy) is 1. The van der Waals surface area contributed by atoms with Gasteiger partial charge in [0.15, 0.2) is 0 Å². The minimum Gasteiger partial charge on any atom is -0.496 e. The summed E-state index contributed by atoms with van der Waals surface area (Å²) in [7, 11) is -2.15. The zero-order chi connectivity index (χ0) is 20.9. The lowest BCUT2D eigenvalue weighted by Crippen LogP contribution is -2.49. The highest BCUT2D eigenvalue weighted by atomic mass is 35.5. The van der Waals surface area contributed by atoms with Gasteiger partial charge in [-0.25, -0.2) is 8.42 Å². The average Bonchev–Trinajstić information content (AvgIpc) is 2.64. The van der Waals surface area contributed by atoms with Gasteiger partial charge in [0.2, 0.25) is 15.9 Å². The lowest BCUT2D eigenvalue weighted by molar-refractivity contribution is -0.122. The van der Waals surface area contributed by atoms with Gasteiger partial charge >= 0.3 is 0 Å². The van der Waals surface area contributed by atoms with Crippen LogP contribution in [0.5, 0.6) is 5.75 Å². The lowest BCUT2D eigenvalue weighted by atomic mass is 10.1. The van der Waals surface area contributed by atoms with E-state index in [1.165, 1.54) is 6.07 Å². The Labute approximate surface area is 171 Å². The van der Waals surface area contributed by atoms with Crippen LogP contribution < -0.4 is 14.4 Å². The molecule has 0 unspecified atom stereocenters. The second kappa shape index (κ2) is 9.30. The molecule has 0 aliphatic rings. The minimum absolute atomic E-state index is 0.296. The molecule has 152 valence electrons. The van der Waals surface area contributed by atoms with Crippen molar-refractivity contribution in [3.05, 3.63) is 59.1 Å². The molecule has 0 radical (unpaired) electrons. The zero-order valence-electron chi connectivity index (χ0n) is 16.3. The third kappa shape index (κ3) is 5.17. The fourth-order valence-corrected chi connectivity index (χ4v) is 4.47. The normalized spacial score (nSPS) is 13.5. The fraction of sp³-hybridized carbons (Fsp3) is 0.350. The smallest absolute Gasteiger partial charge is 0.244 e. The number of halogens is 1. The van der Waals surface area contributed by atoms with Crippen molar-refractivity contribution in [1.29, 1.82) is 0 Å². The Hall–Kier alpha value is -2.25. The molecule has 0 fully saturated rings. The standard InChI is InChI=1S/C20H25ClN2O4S/c1-5-18(23(28(4,25)26)16-10-8-9-15(21)13-16)20(24)22-14(2)17-11-6-7-12-19(17)27-3/h6-14,18H,5H2,1-4H3,(H,22,24)/t14-,18+/m0/s1. The van der Waals surface area contributed by atoms with Gasteiger partial charge in [0, 0.05) is 10.6 Å². The maximum atomic E-state index is 13.0. The Kier molecular flexibility index (Phi) is 7.32. The van der Waals surface area contributed by atoms with Crippen LogP contribution in [-0.2, 0) is 14.8 Å².